The van der Waals surface area contributed by atoms with E-state index in [1.165, 1.54) is 4.90 Å². The largest absolute Gasteiger partial charge is 0.454 e. The Hall–Kier alpha value is -1.91. The van der Waals surface area contributed by atoms with Gasteiger partial charge in [-0.05, 0) is 26.0 Å². The second-order valence-electron chi connectivity index (χ2n) is 3.84. The van der Waals surface area contributed by atoms with Crippen molar-refractivity contribution in [2.75, 3.05) is 11.7 Å². The van der Waals surface area contributed by atoms with Crippen LogP contribution in [0.3, 0.4) is 0 Å². The third-order valence-corrected chi connectivity index (χ3v) is 2.39. The number of ether oxygens (including phenoxy) is 2. The smallest absolute Gasteiger partial charge is 0.319 e. The fraction of sp³-hybridized carbons (Fsp3) is 0.364. The summed E-state index contributed by atoms with van der Waals surface area (Å²) in [6, 6.07) is 4.84. The molecule has 0 fully saturated rings. The normalized spacial score (nSPS) is 12.9. The minimum Gasteiger partial charge on any atom is -0.454 e. The first-order chi connectivity index (χ1) is 7.59. The van der Waals surface area contributed by atoms with Gasteiger partial charge in [-0.25, -0.2) is 4.79 Å². The fourth-order valence-electron chi connectivity index (χ4n) is 1.71. The van der Waals surface area contributed by atoms with Gasteiger partial charge in [-0.3, -0.25) is 4.90 Å². The molecule has 86 valence electrons. The van der Waals surface area contributed by atoms with Crippen LogP contribution in [0.4, 0.5) is 10.5 Å². The molecule has 2 rings (SSSR count). The number of nitrogens with two attached hydrogens (primary N) is 1. The van der Waals surface area contributed by atoms with Crippen LogP contribution in [0.15, 0.2) is 18.2 Å². The summed E-state index contributed by atoms with van der Waals surface area (Å²) in [4.78, 5) is 12.8. The molecule has 1 heterocycles. The van der Waals surface area contributed by atoms with Crippen molar-refractivity contribution < 1.29 is 14.3 Å². The Bertz CT molecular complexity index is 418. The number of nitrogens with zero attached hydrogens (tertiary/aromatic N) is 1. The lowest BCUT2D eigenvalue weighted by Crippen LogP contribution is -2.40. The first-order valence-corrected chi connectivity index (χ1v) is 5.08. The zero-order valence-electron chi connectivity index (χ0n) is 9.27. The summed E-state index contributed by atoms with van der Waals surface area (Å²) >= 11 is 0. The molecule has 1 aromatic rings. The van der Waals surface area contributed by atoms with E-state index in [0.29, 0.717) is 17.2 Å². The molecule has 16 heavy (non-hydrogen) atoms. The lowest BCUT2D eigenvalue weighted by molar-refractivity contribution is 0.174. The van der Waals surface area contributed by atoms with Gasteiger partial charge in [0.25, 0.3) is 0 Å². The van der Waals surface area contributed by atoms with Crippen LogP contribution in [0, 0.1) is 0 Å². The van der Waals surface area contributed by atoms with Crippen molar-refractivity contribution >= 4 is 11.7 Å². The highest BCUT2D eigenvalue weighted by Crippen LogP contribution is 2.35. The van der Waals surface area contributed by atoms with Crippen LogP contribution in [0.5, 0.6) is 11.5 Å². The molecule has 2 amide bonds. The minimum absolute atomic E-state index is 0.00197. The maximum absolute atomic E-state index is 11.3. The van der Waals surface area contributed by atoms with E-state index < -0.39 is 6.03 Å². The van der Waals surface area contributed by atoms with E-state index in [9.17, 15) is 4.79 Å². The van der Waals surface area contributed by atoms with Crippen LogP contribution in [0.2, 0.25) is 0 Å². The number of carbonyl (C=O) groups excluding carboxylic acids is 1. The first-order valence-electron chi connectivity index (χ1n) is 5.08. The van der Waals surface area contributed by atoms with Gasteiger partial charge < -0.3 is 15.2 Å². The fourth-order valence-corrected chi connectivity index (χ4v) is 1.71. The molecule has 0 saturated heterocycles. The van der Waals surface area contributed by atoms with Gasteiger partial charge in [0, 0.05) is 17.8 Å². The maximum Gasteiger partial charge on any atom is 0.319 e. The molecular formula is C11H14N2O3. The lowest BCUT2D eigenvalue weighted by Gasteiger charge is -2.24. The summed E-state index contributed by atoms with van der Waals surface area (Å²) in [6.07, 6.45) is 0. The van der Waals surface area contributed by atoms with Crippen molar-refractivity contribution in [3.05, 3.63) is 18.2 Å². The van der Waals surface area contributed by atoms with E-state index in [0.717, 1.165) is 0 Å². The Balaban J connectivity index is 2.35. The number of benzene rings is 1. The summed E-state index contributed by atoms with van der Waals surface area (Å²) in [5.41, 5.74) is 6.04. The Kier molecular flexibility index (Phi) is 2.60. The molecule has 0 atom stereocenters. The zero-order valence-corrected chi connectivity index (χ0v) is 9.27. The van der Waals surface area contributed by atoms with Crippen molar-refractivity contribution in [3.8, 4) is 11.5 Å². The summed E-state index contributed by atoms with van der Waals surface area (Å²) in [5, 5.41) is 0. The topological polar surface area (TPSA) is 64.8 Å². The molecule has 0 aliphatic carbocycles. The standard InChI is InChI=1S/C11H14N2O3/c1-7(2)13(11(12)14)8-3-4-9-10(5-8)16-6-15-9/h3-5,7H,6H2,1-2H3,(H2,12,14). The Morgan fingerprint density at radius 2 is 2.06 bits per heavy atom. The average molecular weight is 222 g/mol. The number of anilines is 1. The number of rotatable bonds is 2. The molecule has 0 aromatic heterocycles. The molecule has 0 unspecified atom stereocenters. The quantitative estimate of drug-likeness (QED) is 0.828. The van der Waals surface area contributed by atoms with Gasteiger partial charge in [-0.1, -0.05) is 0 Å². The highest BCUT2D eigenvalue weighted by molar-refractivity contribution is 5.91. The van der Waals surface area contributed by atoms with E-state index in [1.54, 1.807) is 18.2 Å². The van der Waals surface area contributed by atoms with Gasteiger partial charge >= 0.3 is 6.03 Å². The summed E-state index contributed by atoms with van der Waals surface area (Å²) in [5.74, 6) is 1.33. The minimum atomic E-state index is -0.478. The van der Waals surface area contributed by atoms with Crippen LogP contribution in [0.25, 0.3) is 0 Å². The number of primary amides is 1. The number of amides is 2. The van der Waals surface area contributed by atoms with Crippen LogP contribution in [-0.4, -0.2) is 18.9 Å². The predicted molar refractivity (Wildman–Crippen MR) is 59.8 cm³/mol. The van der Waals surface area contributed by atoms with Crippen LogP contribution >= 0.6 is 0 Å². The Morgan fingerprint density at radius 1 is 1.38 bits per heavy atom. The number of carbonyl (C=O) groups is 1. The second-order valence-corrected chi connectivity index (χ2v) is 3.84. The first kappa shape index (κ1) is 10.6. The van der Waals surface area contributed by atoms with Gasteiger partial charge in [0.05, 0.1) is 0 Å². The molecule has 1 aliphatic heterocycles. The highest BCUT2D eigenvalue weighted by atomic mass is 16.7. The number of hydrogen-bond donors (Lipinski definition) is 1. The molecule has 0 spiro atoms. The monoisotopic (exact) mass is 222 g/mol. The zero-order chi connectivity index (χ0) is 11.7. The molecule has 5 heteroatoms. The van der Waals surface area contributed by atoms with Crippen molar-refractivity contribution in [3.63, 3.8) is 0 Å². The van der Waals surface area contributed by atoms with Crippen LogP contribution in [0.1, 0.15) is 13.8 Å². The molecule has 5 nitrogen and oxygen atoms in total. The number of fused-ring (bicyclic) bond motifs is 1. The van der Waals surface area contributed by atoms with Gasteiger partial charge in [-0.2, -0.15) is 0 Å². The van der Waals surface area contributed by atoms with Gasteiger partial charge in [-0.15, -0.1) is 0 Å². The predicted octanol–water partition coefficient (Wildman–Crippen LogP) is 1.71. The highest BCUT2D eigenvalue weighted by Gasteiger charge is 2.20. The van der Waals surface area contributed by atoms with Crippen molar-refractivity contribution in [2.45, 2.75) is 19.9 Å². The van der Waals surface area contributed by atoms with E-state index in [-0.39, 0.29) is 12.8 Å². The third-order valence-electron chi connectivity index (χ3n) is 2.39. The average Bonchev–Trinajstić information content (AvgIpc) is 2.63. The van der Waals surface area contributed by atoms with E-state index in [2.05, 4.69) is 0 Å². The molecule has 0 radical (unpaired) electrons. The molecule has 0 bridgehead atoms. The SMILES string of the molecule is CC(C)N(C(N)=O)c1ccc2c(c1)OCO2. The van der Waals surface area contributed by atoms with Crippen LogP contribution in [-0.2, 0) is 0 Å². The lowest BCUT2D eigenvalue weighted by atomic mass is 10.2. The summed E-state index contributed by atoms with van der Waals surface area (Å²) < 4.78 is 10.4. The second kappa shape index (κ2) is 3.92. The van der Waals surface area contributed by atoms with Crippen molar-refractivity contribution in [1.82, 2.24) is 0 Å². The van der Waals surface area contributed by atoms with Gasteiger partial charge in [0.15, 0.2) is 11.5 Å². The Morgan fingerprint density at radius 3 is 2.69 bits per heavy atom. The van der Waals surface area contributed by atoms with E-state index in [4.69, 9.17) is 15.2 Å². The molecule has 1 aromatic carbocycles. The number of hydrogen-bond acceptors (Lipinski definition) is 3. The van der Waals surface area contributed by atoms with Crippen molar-refractivity contribution in [1.29, 1.82) is 0 Å². The third kappa shape index (κ3) is 1.76. The summed E-state index contributed by atoms with van der Waals surface area (Å²) in [7, 11) is 0. The van der Waals surface area contributed by atoms with E-state index in [1.807, 2.05) is 13.8 Å². The molecule has 1 aliphatic rings. The molecule has 0 saturated carbocycles. The Labute approximate surface area is 93.7 Å². The van der Waals surface area contributed by atoms with Crippen LogP contribution < -0.4 is 20.1 Å². The van der Waals surface area contributed by atoms with Gasteiger partial charge in [0.2, 0.25) is 6.79 Å². The van der Waals surface area contributed by atoms with E-state index >= 15 is 0 Å². The molecular weight excluding hydrogens is 208 g/mol. The number of urea groups is 1. The molecule has 2 N–H and O–H groups in total. The summed E-state index contributed by atoms with van der Waals surface area (Å²) in [6.45, 7) is 4.02. The van der Waals surface area contributed by atoms with Gasteiger partial charge in [0.1, 0.15) is 0 Å². The maximum atomic E-state index is 11.3. The van der Waals surface area contributed by atoms with Crippen molar-refractivity contribution in [2.24, 2.45) is 5.73 Å².